The van der Waals surface area contributed by atoms with Crippen molar-refractivity contribution in [1.29, 1.82) is 0 Å². The van der Waals surface area contributed by atoms with Crippen LogP contribution in [0.5, 0.6) is 0 Å². The molecular formula is C15H9ClF4O. The topological polar surface area (TPSA) is 17.1 Å². The molecule has 110 valence electrons. The molecule has 0 atom stereocenters. The first-order chi connectivity index (χ1) is 9.70. The van der Waals surface area contributed by atoms with Gasteiger partial charge in [0.2, 0.25) is 0 Å². The molecule has 0 aromatic heterocycles. The van der Waals surface area contributed by atoms with Crippen LogP contribution in [0, 0.1) is 12.7 Å². The smallest absolute Gasteiger partial charge is 0.289 e. The van der Waals surface area contributed by atoms with E-state index in [-0.39, 0.29) is 16.1 Å². The van der Waals surface area contributed by atoms with Crippen LogP contribution in [0.1, 0.15) is 27.0 Å². The average Bonchev–Trinajstić information content (AvgIpc) is 2.36. The van der Waals surface area contributed by atoms with Crippen LogP contribution in [0.3, 0.4) is 0 Å². The number of halogens is 5. The summed E-state index contributed by atoms with van der Waals surface area (Å²) < 4.78 is 50.9. The van der Waals surface area contributed by atoms with Crippen molar-refractivity contribution in [2.75, 3.05) is 0 Å². The first-order valence-corrected chi connectivity index (χ1v) is 6.25. The number of ketones is 1. The lowest BCUT2D eigenvalue weighted by Crippen LogP contribution is -2.10. The van der Waals surface area contributed by atoms with E-state index in [1.54, 1.807) is 19.1 Å². The highest BCUT2D eigenvalue weighted by molar-refractivity contribution is 6.35. The van der Waals surface area contributed by atoms with Crippen molar-refractivity contribution in [1.82, 2.24) is 0 Å². The third kappa shape index (κ3) is 3.24. The normalized spacial score (nSPS) is 11.5. The lowest BCUT2D eigenvalue weighted by molar-refractivity contribution is -0.140. The highest BCUT2D eigenvalue weighted by atomic mass is 35.5. The number of benzene rings is 2. The van der Waals surface area contributed by atoms with Crippen LogP contribution in [0.15, 0.2) is 36.4 Å². The molecule has 0 saturated carbocycles. The fraction of sp³-hybridized carbons (Fsp3) is 0.133. The number of hydrogen-bond acceptors (Lipinski definition) is 1. The largest absolute Gasteiger partial charge is 0.419 e. The van der Waals surface area contributed by atoms with Gasteiger partial charge in [-0.25, -0.2) is 4.39 Å². The van der Waals surface area contributed by atoms with E-state index in [0.717, 1.165) is 11.6 Å². The van der Waals surface area contributed by atoms with Crippen molar-refractivity contribution >= 4 is 17.4 Å². The molecule has 0 fully saturated rings. The van der Waals surface area contributed by atoms with Crippen molar-refractivity contribution in [3.8, 4) is 0 Å². The quantitative estimate of drug-likeness (QED) is 0.560. The van der Waals surface area contributed by atoms with Gasteiger partial charge in [-0.3, -0.25) is 4.79 Å². The molecule has 21 heavy (non-hydrogen) atoms. The number of rotatable bonds is 2. The Balaban J connectivity index is 2.43. The molecule has 0 radical (unpaired) electrons. The van der Waals surface area contributed by atoms with Gasteiger partial charge in [0.25, 0.3) is 0 Å². The lowest BCUT2D eigenvalue weighted by Gasteiger charge is -2.09. The van der Waals surface area contributed by atoms with E-state index in [1.807, 2.05) is 0 Å². The highest BCUT2D eigenvalue weighted by Gasteiger charge is 2.34. The molecule has 6 heteroatoms. The van der Waals surface area contributed by atoms with Crippen molar-refractivity contribution in [3.05, 3.63) is 69.5 Å². The Morgan fingerprint density at radius 2 is 1.76 bits per heavy atom. The second kappa shape index (κ2) is 5.48. The van der Waals surface area contributed by atoms with Crippen LogP contribution >= 0.6 is 11.6 Å². The Hall–Kier alpha value is -1.88. The molecule has 0 amide bonds. The first kappa shape index (κ1) is 15.5. The molecule has 1 nitrogen and oxygen atoms in total. The summed E-state index contributed by atoms with van der Waals surface area (Å²) in [5.41, 5.74) is -0.656. The molecule has 2 rings (SSSR count). The zero-order valence-corrected chi connectivity index (χ0v) is 11.5. The number of hydrogen-bond donors (Lipinski definition) is 0. The second-order valence-electron chi connectivity index (χ2n) is 4.50. The van der Waals surface area contributed by atoms with E-state index in [1.165, 1.54) is 6.07 Å². The summed E-state index contributed by atoms with van der Waals surface area (Å²) in [6.07, 6.45) is -4.80. The van der Waals surface area contributed by atoms with E-state index in [4.69, 9.17) is 11.6 Å². The van der Waals surface area contributed by atoms with E-state index in [9.17, 15) is 22.4 Å². The Kier molecular flexibility index (Phi) is 4.05. The van der Waals surface area contributed by atoms with Crippen molar-refractivity contribution < 1.29 is 22.4 Å². The summed E-state index contributed by atoms with van der Waals surface area (Å²) in [6.45, 7) is 1.78. The van der Waals surface area contributed by atoms with Gasteiger partial charge in [-0.15, -0.1) is 0 Å². The monoisotopic (exact) mass is 316 g/mol. The van der Waals surface area contributed by atoms with Gasteiger partial charge in [0, 0.05) is 11.1 Å². The van der Waals surface area contributed by atoms with Gasteiger partial charge in [-0.05, 0) is 36.8 Å². The number of aryl methyl sites for hydroxylation is 1. The maximum Gasteiger partial charge on any atom is 0.419 e. The van der Waals surface area contributed by atoms with E-state index in [2.05, 4.69) is 0 Å². The Bertz CT molecular complexity index is 707. The van der Waals surface area contributed by atoms with Gasteiger partial charge >= 0.3 is 6.18 Å². The third-order valence-electron chi connectivity index (χ3n) is 2.91. The molecule has 0 spiro atoms. The maximum atomic E-state index is 13.5. The summed E-state index contributed by atoms with van der Waals surface area (Å²) in [7, 11) is 0. The molecule has 0 unspecified atom stereocenters. The van der Waals surface area contributed by atoms with Crippen LogP contribution in [-0.4, -0.2) is 5.78 Å². The molecule has 0 aliphatic rings. The second-order valence-corrected chi connectivity index (χ2v) is 4.91. The van der Waals surface area contributed by atoms with Gasteiger partial charge in [0.05, 0.1) is 10.6 Å². The highest BCUT2D eigenvalue weighted by Crippen LogP contribution is 2.32. The lowest BCUT2D eigenvalue weighted by atomic mass is 10.0. The molecular weight excluding hydrogens is 308 g/mol. The SMILES string of the molecule is Cc1ccc(C(=O)c2ccc(C(F)(F)F)c(F)c2)c(Cl)c1. The zero-order valence-electron chi connectivity index (χ0n) is 10.8. The van der Waals surface area contributed by atoms with Crippen LogP contribution in [-0.2, 0) is 6.18 Å². The molecule has 0 aliphatic heterocycles. The summed E-state index contributed by atoms with van der Waals surface area (Å²) in [4.78, 5) is 12.2. The minimum absolute atomic E-state index is 0.112. The Morgan fingerprint density at radius 1 is 1.10 bits per heavy atom. The van der Waals surface area contributed by atoms with E-state index < -0.39 is 23.3 Å². The van der Waals surface area contributed by atoms with E-state index in [0.29, 0.717) is 12.1 Å². The van der Waals surface area contributed by atoms with Crippen LogP contribution in [0.2, 0.25) is 5.02 Å². The summed E-state index contributed by atoms with van der Waals surface area (Å²) >= 11 is 5.92. The van der Waals surface area contributed by atoms with Gasteiger partial charge < -0.3 is 0 Å². The van der Waals surface area contributed by atoms with Gasteiger partial charge in [-0.2, -0.15) is 13.2 Å². The molecule has 2 aromatic carbocycles. The number of carbonyl (C=O) groups is 1. The molecule has 0 heterocycles. The molecule has 0 saturated heterocycles. The minimum Gasteiger partial charge on any atom is -0.289 e. The van der Waals surface area contributed by atoms with E-state index >= 15 is 0 Å². The fourth-order valence-electron chi connectivity index (χ4n) is 1.85. The van der Waals surface area contributed by atoms with Crippen molar-refractivity contribution in [2.45, 2.75) is 13.1 Å². The molecule has 0 N–H and O–H groups in total. The first-order valence-electron chi connectivity index (χ1n) is 5.88. The predicted molar refractivity (Wildman–Crippen MR) is 71.0 cm³/mol. The standard InChI is InChI=1S/C15H9ClF4O/c1-8-2-4-10(12(16)6-8)14(21)9-3-5-11(13(17)7-9)15(18,19)20/h2-7H,1H3. The number of alkyl halides is 3. The average molecular weight is 317 g/mol. The Labute approximate surface area is 123 Å². The van der Waals surface area contributed by atoms with Gasteiger partial charge in [0.15, 0.2) is 5.78 Å². The molecule has 2 aromatic rings. The molecule has 0 bridgehead atoms. The number of carbonyl (C=O) groups excluding carboxylic acids is 1. The van der Waals surface area contributed by atoms with Crippen LogP contribution in [0.4, 0.5) is 17.6 Å². The maximum absolute atomic E-state index is 13.5. The summed E-state index contributed by atoms with van der Waals surface area (Å²) in [5.74, 6) is -2.12. The zero-order chi connectivity index (χ0) is 15.8. The van der Waals surface area contributed by atoms with Gasteiger partial charge in [-0.1, -0.05) is 23.7 Å². The summed E-state index contributed by atoms with van der Waals surface area (Å²) in [5, 5.41) is 0.167. The molecule has 0 aliphatic carbocycles. The van der Waals surface area contributed by atoms with Crippen molar-refractivity contribution in [3.63, 3.8) is 0 Å². The minimum atomic E-state index is -4.80. The Morgan fingerprint density at radius 3 is 2.29 bits per heavy atom. The van der Waals surface area contributed by atoms with Crippen LogP contribution < -0.4 is 0 Å². The van der Waals surface area contributed by atoms with Crippen LogP contribution in [0.25, 0.3) is 0 Å². The van der Waals surface area contributed by atoms with Crippen molar-refractivity contribution in [2.24, 2.45) is 0 Å². The van der Waals surface area contributed by atoms with Gasteiger partial charge in [0.1, 0.15) is 5.82 Å². The third-order valence-corrected chi connectivity index (χ3v) is 3.22. The predicted octanol–water partition coefficient (Wildman–Crippen LogP) is 5.04. The summed E-state index contributed by atoms with van der Waals surface area (Å²) in [6, 6.07) is 6.70. The fourth-order valence-corrected chi connectivity index (χ4v) is 2.17.